The van der Waals surface area contributed by atoms with Gasteiger partial charge < -0.3 is 5.32 Å². The zero-order valence-corrected chi connectivity index (χ0v) is 8.06. The van der Waals surface area contributed by atoms with Crippen LogP contribution in [0, 0.1) is 0 Å². The molecule has 0 radical (unpaired) electrons. The molecule has 0 amide bonds. The Kier molecular flexibility index (Phi) is 3.95. The van der Waals surface area contributed by atoms with Crippen LogP contribution in [-0.4, -0.2) is 6.00 Å². The van der Waals surface area contributed by atoms with Gasteiger partial charge in [-0.1, -0.05) is 25.5 Å². The molecular formula is C10H14ClN. The van der Waals surface area contributed by atoms with Crippen molar-refractivity contribution in [3.05, 3.63) is 29.8 Å². The van der Waals surface area contributed by atoms with Gasteiger partial charge in [-0.25, -0.2) is 0 Å². The Hall–Kier alpha value is -0.690. The second kappa shape index (κ2) is 5.04. The molecule has 0 aromatic heterocycles. The van der Waals surface area contributed by atoms with E-state index in [0.717, 1.165) is 12.1 Å². The summed E-state index contributed by atoms with van der Waals surface area (Å²) in [5, 5.41) is 3.04. The van der Waals surface area contributed by atoms with Crippen LogP contribution in [0.2, 0.25) is 0 Å². The van der Waals surface area contributed by atoms with Crippen LogP contribution in [0.25, 0.3) is 0 Å². The molecular weight excluding hydrogens is 170 g/mol. The Morgan fingerprint density at radius 1 is 1.25 bits per heavy atom. The molecule has 0 fully saturated rings. The Balaban J connectivity index is 2.58. The summed E-state index contributed by atoms with van der Waals surface area (Å²) >= 11 is 5.53. The quantitative estimate of drug-likeness (QED) is 0.558. The highest BCUT2D eigenvalue weighted by molar-refractivity contribution is 6.18. The lowest BCUT2D eigenvalue weighted by molar-refractivity contribution is 0.922. The first-order chi connectivity index (χ1) is 5.86. The van der Waals surface area contributed by atoms with Crippen LogP contribution in [0.5, 0.6) is 0 Å². The Labute approximate surface area is 78.7 Å². The van der Waals surface area contributed by atoms with Crippen LogP contribution >= 0.6 is 11.6 Å². The van der Waals surface area contributed by atoms with Crippen LogP contribution in [0.4, 0.5) is 5.69 Å². The van der Waals surface area contributed by atoms with Crippen molar-refractivity contribution in [3.63, 3.8) is 0 Å². The average Bonchev–Trinajstić information content (AvgIpc) is 2.09. The molecule has 1 rings (SSSR count). The van der Waals surface area contributed by atoms with Crippen LogP contribution in [0.3, 0.4) is 0 Å². The van der Waals surface area contributed by atoms with Gasteiger partial charge in [-0.05, 0) is 24.1 Å². The fraction of sp³-hybridized carbons (Fsp3) is 0.400. The van der Waals surface area contributed by atoms with Crippen molar-refractivity contribution in [2.24, 2.45) is 0 Å². The second-order valence-corrected chi connectivity index (χ2v) is 3.02. The summed E-state index contributed by atoms with van der Waals surface area (Å²) in [5.41, 5.74) is 2.47. The molecule has 0 saturated carbocycles. The van der Waals surface area contributed by atoms with Crippen molar-refractivity contribution in [2.45, 2.75) is 19.8 Å². The molecule has 0 heterocycles. The predicted molar refractivity (Wildman–Crippen MR) is 54.8 cm³/mol. The third kappa shape index (κ3) is 2.74. The van der Waals surface area contributed by atoms with Crippen molar-refractivity contribution in [1.82, 2.24) is 0 Å². The van der Waals surface area contributed by atoms with Crippen LogP contribution in [0.1, 0.15) is 18.9 Å². The molecule has 0 atom stereocenters. The molecule has 0 spiro atoms. The van der Waals surface area contributed by atoms with Crippen molar-refractivity contribution in [3.8, 4) is 0 Å². The lowest BCUT2D eigenvalue weighted by Crippen LogP contribution is -1.93. The zero-order valence-electron chi connectivity index (χ0n) is 7.31. The molecule has 0 aliphatic rings. The molecule has 1 aromatic carbocycles. The highest BCUT2D eigenvalue weighted by Crippen LogP contribution is 2.10. The maximum absolute atomic E-state index is 5.53. The van der Waals surface area contributed by atoms with Crippen molar-refractivity contribution < 1.29 is 0 Å². The number of anilines is 1. The second-order valence-electron chi connectivity index (χ2n) is 2.76. The van der Waals surface area contributed by atoms with Crippen LogP contribution in [0.15, 0.2) is 24.3 Å². The van der Waals surface area contributed by atoms with E-state index in [1.54, 1.807) is 0 Å². The van der Waals surface area contributed by atoms with Gasteiger partial charge in [0.2, 0.25) is 0 Å². The van der Waals surface area contributed by atoms with Gasteiger partial charge in [0.05, 0.1) is 6.00 Å². The topological polar surface area (TPSA) is 12.0 Å². The molecule has 0 unspecified atom stereocenters. The molecule has 66 valence electrons. The minimum absolute atomic E-state index is 0.465. The first-order valence-corrected chi connectivity index (χ1v) is 4.79. The minimum atomic E-state index is 0.465. The summed E-state index contributed by atoms with van der Waals surface area (Å²) in [4.78, 5) is 0. The third-order valence-electron chi connectivity index (χ3n) is 1.76. The Morgan fingerprint density at radius 2 is 1.92 bits per heavy atom. The van der Waals surface area contributed by atoms with E-state index in [0.29, 0.717) is 6.00 Å². The fourth-order valence-electron chi connectivity index (χ4n) is 1.16. The predicted octanol–water partition coefficient (Wildman–Crippen LogP) is 3.25. The summed E-state index contributed by atoms with van der Waals surface area (Å²) in [6, 6.07) is 8.87. The van der Waals surface area contributed by atoms with E-state index in [-0.39, 0.29) is 0 Å². The number of hydrogen-bond acceptors (Lipinski definition) is 1. The van der Waals surface area contributed by atoms with Gasteiger partial charge in [-0.2, -0.15) is 0 Å². The summed E-state index contributed by atoms with van der Waals surface area (Å²) in [5.74, 6) is 0. The first-order valence-electron chi connectivity index (χ1n) is 4.25. The van der Waals surface area contributed by atoms with Crippen molar-refractivity contribution in [2.75, 3.05) is 11.3 Å². The third-order valence-corrected chi connectivity index (χ3v) is 1.90. The number of hydrogen-bond donors (Lipinski definition) is 1. The minimum Gasteiger partial charge on any atom is -0.372 e. The molecule has 1 N–H and O–H groups in total. The maximum Gasteiger partial charge on any atom is 0.0901 e. The van der Waals surface area contributed by atoms with Gasteiger partial charge in [0.15, 0.2) is 0 Å². The number of halogens is 1. The molecule has 1 nitrogen and oxygen atoms in total. The lowest BCUT2D eigenvalue weighted by Gasteiger charge is -2.03. The van der Waals surface area contributed by atoms with E-state index >= 15 is 0 Å². The fourth-order valence-corrected chi connectivity index (χ4v) is 1.31. The largest absolute Gasteiger partial charge is 0.372 e. The lowest BCUT2D eigenvalue weighted by atomic mass is 10.1. The molecule has 0 bridgehead atoms. The molecule has 1 aromatic rings. The standard InChI is InChI=1S/C10H14ClN/c1-2-3-9-4-6-10(7-5-9)12-8-11/h4-7,12H,2-3,8H2,1H3. The van der Waals surface area contributed by atoms with Crippen molar-refractivity contribution >= 4 is 17.3 Å². The van der Waals surface area contributed by atoms with Crippen molar-refractivity contribution in [1.29, 1.82) is 0 Å². The SMILES string of the molecule is CCCc1ccc(NCCl)cc1. The van der Waals surface area contributed by atoms with Crippen LogP contribution in [-0.2, 0) is 6.42 Å². The average molecular weight is 184 g/mol. The van der Waals surface area contributed by atoms with E-state index in [1.165, 1.54) is 12.0 Å². The van der Waals surface area contributed by atoms with E-state index in [4.69, 9.17) is 11.6 Å². The Morgan fingerprint density at radius 3 is 2.42 bits per heavy atom. The summed E-state index contributed by atoms with van der Waals surface area (Å²) in [6.45, 7) is 2.19. The van der Waals surface area contributed by atoms with Gasteiger partial charge in [0.25, 0.3) is 0 Å². The van der Waals surface area contributed by atoms with Gasteiger partial charge in [0.1, 0.15) is 0 Å². The number of alkyl halides is 1. The highest BCUT2D eigenvalue weighted by Gasteiger charge is 1.91. The first kappa shape index (κ1) is 9.40. The summed E-state index contributed by atoms with van der Waals surface area (Å²) < 4.78 is 0. The molecule has 0 saturated heterocycles. The Bertz CT molecular complexity index is 193. The molecule has 2 heteroatoms. The number of benzene rings is 1. The number of nitrogens with one attached hydrogen (secondary N) is 1. The number of rotatable bonds is 4. The van der Waals surface area contributed by atoms with E-state index in [2.05, 4.69) is 36.5 Å². The molecule has 0 aliphatic heterocycles. The monoisotopic (exact) mass is 183 g/mol. The summed E-state index contributed by atoms with van der Waals surface area (Å²) in [6.07, 6.45) is 2.35. The van der Waals surface area contributed by atoms with Gasteiger partial charge >= 0.3 is 0 Å². The smallest absolute Gasteiger partial charge is 0.0901 e. The van der Waals surface area contributed by atoms with E-state index in [1.807, 2.05) is 0 Å². The van der Waals surface area contributed by atoms with Gasteiger partial charge in [0, 0.05) is 5.69 Å². The molecule has 12 heavy (non-hydrogen) atoms. The maximum atomic E-state index is 5.53. The highest BCUT2D eigenvalue weighted by atomic mass is 35.5. The van der Waals surface area contributed by atoms with Gasteiger partial charge in [-0.3, -0.25) is 0 Å². The van der Waals surface area contributed by atoms with Crippen LogP contribution < -0.4 is 5.32 Å². The van der Waals surface area contributed by atoms with E-state index < -0.39 is 0 Å². The van der Waals surface area contributed by atoms with Gasteiger partial charge in [-0.15, -0.1) is 11.6 Å². The van der Waals surface area contributed by atoms with E-state index in [9.17, 15) is 0 Å². The normalized spacial score (nSPS) is 9.83. The molecule has 0 aliphatic carbocycles. The summed E-state index contributed by atoms with van der Waals surface area (Å²) in [7, 11) is 0. The zero-order chi connectivity index (χ0) is 8.81. The number of aryl methyl sites for hydroxylation is 1.